The molecule has 10 heteroatoms. The Morgan fingerprint density at radius 3 is 2.63 bits per heavy atom. The summed E-state index contributed by atoms with van der Waals surface area (Å²) in [5.74, 6) is -3.28. The zero-order valence-electron chi connectivity index (χ0n) is 19.5. The van der Waals surface area contributed by atoms with Crippen molar-refractivity contribution < 1.29 is 33.0 Å². The van der Waals surface area contributed by atoms with Crippen molar-refractivity contribution in [3.05, 3.63) is 40.4 Å². The van der Waals surface area contributed by atoms with Crippen LogP contribution in [0.5, 0.6) is 0 Å². The number of thiol groups is 1. The first kappa shape index (κ1) is 24.8. The van der Waals surface area contributed by atoms with Crippen LogP contribution in [0, 0.1) is 28.6 Å². The molecular weight excluding hydrogens is 496 g/mol. The van der Waals surface area contributed by atoms with Gasteiger partial charge in [0.05, 0.1) is 17.8 Å². The van der Waals surface area contributed by atoms with Crippen LogP contribution in [0.1, 0.15) is 49.7 Å². The molecule has 0 bridgehead atoms. The lowest BCUT2D eigenvalue weighted by Crippen LogP contribution is -2.70. The molecule has 5 unspecified atom stereocenters. The fraction of sp³-hybridized carbons (Fsp3) is 0.600. The molecule has 0 saturated heterocycles. The molecule has 3 saturated carbocycles. The SMILES string of the molecule is CC1C[C@H]2[C@@H]3CC(F)C4=CC(=O)C=C[C@]4(C)C3(F)C(O)C[C@]2(C)C1(OC(=O)c1cncs1)C(=O)S. The number of rotatable bonds is 3. The van der Waals surface area contributed by atoms with Crippen LogP contribution in [0.2, 0.25) is 0 Å². The van der Waals surface area contributed by atoms with E-state index in [1.165, 1.54) is 30.8 Å². The minimum atomic E-state index is -2.28. The second-order valence-electron chi connectivity index (χ2n) is 10.8. The molecule has 4 aliphatic rings. The van der Waals surface area contributed by atoms with Gasteiger partial charge in [-0.25, -0.2) is 13.6 Å². The molecule has 1 heterocycles. The van der Waals surface area contributed by atoms with E-state index in [1.54, 1.807) is 13.8 Å². The van der Waals surface area contributed by atoms with Crippen molar-refractivity contribution in [2.45, 2.75) is 63.6 Å². The minimum absolute atomic E-state index is 0.0330. The van der Waals surface area contributed by atoms with Gasteiger partial charge < -0.3 is 9.84 Å². The van der Waals surface area contributed by atoms with E-state index < -0.39 is 69.0 Å². The monoisotopic (exact) mass is 523 g/mol. The number of aliphatic hydroxyl groups excluding tert-OH is 1. The smallest absolute Gasteiger partial charge is 0.351 e. The van der Waals surface area contributed by atoms with Gasteiger partial charge in [-0.1, -0.05) is 19.9 Å². The third-order valence-electron chi connectivity index (χ3n) is 9.37. The number of hydrogen-bond acceptors (Lipinski definition) is 7. The van der Waals surface area contributed by atoms with E-state index in [4.69, 9.17) is 4.74 Å². The van der Waals surface area contributed by atoms with Crippen molar-refractivity contribution in [2.75, 3.05) is 0 Å². The van der Waals surface area contributed by atoms with Gasteiger partial charge in [-0.15, -0.1) is 24.0 Å². The summed E-state index contributed by atoms with van der Waals surface area (Å²) in [7, 11) is 0. The topological polar surface area (TPSA) is 93.6 Å². The van der Waals surface area contributed by atoms with E-state index in [2.05, 4.69) is 17.6 Å². The Morgan fingerprint density at radius 1 is 1.29 bits per heavy atom. The van der Waals surface area contributed by atoms with E-state index in [1.807, 2.05) is 0 Å². The number of carbonyl (C=O) groups excluding carboxylic acids is 3. The van der Waals surface area contributed by atoms with E-state index in [9.17, 15) is 19.5 Å². The molecule has 4 aliphatic carbocycles. The maximum absolute atomic E-state index is 17.3. The van der Waals surface area contributed by atoms with Gasteiger partial charge in [0.25, 0.3) is 0 Å². The van der Waals surface area contributed by atoms with Crippen molar-refractivity contribution in [3.63, 3.8) is 0 Å². The van der Waals surface area contributed by atoms with Gasteiger partial charge >= 0.3 is 5.97 Å². The lowest BCUT2D eigenvalue weighted by Gasteiger charge is -2.63. The zero-order chi connectivity index (χ0) is 25.6. The zero-order valence-corrected chi connectivity index (χ0v) is 21.2. The molecule has 1 aromatic heterocycles. The van der Waals surface area contributed by atoms with Crippen LogP contribution in [0.3, 0.4) is 0 Å². The van der Waals surface area contributed by atoms with Crippen molar-refractivity contribution in [1.82, 2.24) is 4.98 Å². The number of aromatic nitrogens is 1. The number of alkyl halides is 2. The van der Waals surface area contributed by atoms with Gasteiger partial charge in [-0.3, -0.25) is 14.6 Å². The second-order valence-corrected chi connectivity index (χ2v) is 12.1. The van der Waals surface area contributed by atoms with E-state index >= 15 is 8.78 Å². The van der Waals surface area contributed by atoms with E-state index in [-0.39, 0.29) is 29.7 Å². The molecule has 0 amide bonds. The summed E-state index contributed by atoms with van der Waals surface area (Å²) in [6, 6.07) is 0. The van der Waals surface area contributed by atoms with Crippen LogP contribution >= 0.6 is 24.0 Å². The summed E-state index contributed by atoms with van der Waals surface area (Å²) < 4.78 is 38.8. The van der Waals surface area contributed by atoms with Gasteiger partial charge in [-0.2, -0.15) is 0 Å². The molecule has 9 atom stereocenters. The first-order chi connectivity index (χ1) is 16.3. The molecule has 0 aromatic carbocycles. The van der Waals surface area contributed by atoms with Gasteiger partial charge in [0.15, 0.2) is 17.1 Å². The van der Waals surface area contributed by atoms with Gasteiger partial charge in [-0.05, 0) is 49.8 Å². The normalized spacial score (nSPS) is 46.3. The molecule has 0 radical (unpaired) electrons. The van der Waals surface area contributed by atoms with Crippen LogP contribution in [0.25, 0.3) is 0 Å². The lowest BCUT2D eigenvalue weighted by atomic mass is 9.44. The minimum Gasteiger partial charge on any atom is -0.445 e. The Bertz CT molecular complexity index is 1170. The summed E-state index contributed by atoms with van der Waals surface area (Å²) >= 11 is 5.20. The van der Waals surface area contributed by atoms with Gasteiger partial charge in [0, 0.05) is 22.7 Å². The predicted molar refractivity (Wildman–Crippen MR) is 127 cm³/mol. The maximum Gasteiger partial charge on any atom is 0.351 e. The predicted octanol–water partition coefficient (Wildman–Crippen LogP) is 4.06. The highest BCUT2D eigenvalue weighted by Gasteiger charge is 2.78. The van der Waals surface area contributed by atoms with Crippen LogP contribution in [-0.2, 0) is 14.3 Å². The number of carbonyl (C=O) groups is 3. The summed E-state index contributed by atoms with van der Waals surface area (Å²) in [5.41, 5.74) is -5.25. The standard InChI is InChI=1S/C25H27F2NO5S2/c1-12-6-14-15-8-17(26)16-7-13(29)4-5-22(16,2)24(15,27)19(30)9-23(14,3)25(12,21(32)34)33-20(31)18-10-28-11-35-18/h4-5,7,10-12,14-15,17,19,30H,6,8-9H2,1-3H3,(H,32,34)/t12?,14-,15-,17?,19?,22-,23-,24?,25?/m0/s1. The van der Waals surface area contributed by atoms with Crippen molar-refractivity contribution >= 4 is 40.8 Å². The highest BCUT2D eigenvalue weighted by molar-refractivity contribution is 7.96. The van der Waals surface area contributed by atoms with Crippen LogP contribution in [0.4, 0.5) is 8.78 Å². The Balaban J connectivity index is 1.62. The Hall–Kier alpha value is -1.91. The number of hydrogen-bond donors (Lipinski definition) is 2. The largest absolute Gasteiger partial charge is 0.445 e. The van der Waals surface area contributed by atoms with Crippen LogP contribution < -0.4 is 0 Å². The molecule has 188 valence electrons. The number of ketones is 1. The Morgan fingerprint density at radius 2 is 2.00 bits per heavy atom. The fourth-order valence-electron chi connectivity index (χ4n) is 7.75. The number of thiazole rings is 1. The van der Waals surface area contributed by atoms with E-state index in [0.717, 1.165) is 17.4 Å². The highest BCUT2D eigenvalue weighted by Crippen LogP contribution is 2.71. The average Bonchev–Trinajstić information content (AvgIpc) is 3.39. The molecule has 1 N–H and O–H groups in total. The van der Waals surface area contributed by atoms with Crippen LogP contribution in [-0.4, -0.2) is 50.5 Å². The first-order valence-electron chi connectivity index (χ1n) is 11.6. The number of esters is 1. The number of allylic oxidation sites excluding steroid dienone is 4. The van der Waals surface area contributed by atoms with E-state index in [0.29, 0.717) is 0 Å². The van der Waals surface area contributed by atoms with Gasteiger partial charge in [0.1, 0.15) is 11.0 Å². The van der Waals surface area contributed by atoms with Gasteiger partial charge in [0.2, 0.25) is 5.12 Å². The lowest BCUT2D eigenvalue weighted by molar-refractivity contribution is -0.221. The molecule has 3 fully saturated rings. The molecule has 1 aromatic rings. The molecule has 0 spiro atoms. The van der Waals surface area contributed by atoms with Crippen molar-refractivity contribution in [3.8, 4) is 0 Å². The Kier molecular flexibility index (Phi) is 5.51. The number of ether oxygens (including phenoxy) is 1. The summed E-state index contributed by atoms with van der Waals surface area (Å²) in [6.45, 7) is 4.97. The molecule has 0 aliphatic heterocycles. The first-order valence-corrected chi connectivity index (χ1v) is 13.0. The maximum atomic E-state index is 17.3. The third-order valence-corrected chi connectivity index (χ3v) is 10.5. The fourth-order valence-corrected chi connectivity index (χ4v) is 8.77. The number of aliphatic hydroxyl groups is 1. The molecule has 5 rings (SSSR count). The van der Waals surface area contributed by atoms with Crippen LogP contribution in [0.15, 0.2) is 35.5 Å². The summed E-state index contributed by atoms with van der Waals surface area (Å²) in [4.78, 5) is 42.2. The number of fused-ring (bicyclic) bond motifs is 5. The van der Waals surface area contributed by atoms with Crippen molar-refractivity contribution in [2.24, 2.45) is 28.6 Å². The number of halogens is 2. The molecular formula is C25H27F2NO5S2. The summed E-state index contributed by atoms with van der Waals surface area (Å²) in [5, 5.41) is 10.7. The van der Waals surface area contributed by atoms with Crippen molar-refractivity contribution in [1.29, 1.82) is 0 Å². The molecule has 35 heavy (non-hydrogen) atoms. The number of nitrogens with zero attached hydrogens (tertiary/aromatic N) is 1. The average molecular weight is 524 g/mol. The third kappa shape index (κ3) is 2.96. The highest BCUT2D eigenvalue weighted by atomic mass is 32.1. The second kappa shape index (κ2) is 7.79. The summed E-state index contributed by atoms with van der Waals surface area (Å²) in [6.07, 6.45) is 1.71. The quantitative estimate of drug-likeness (QED) is 0.459. The Labute approximate surface area is 211 Å². The molecule has 6 nitrogen and oxygen atoms in total.